The molecular formula is C10H13NO5. The van der Waals surface area contributed by atoms with E-state index in [0.717, 1.165) is 0 Å². The average molecular weight is 227 g/mol. The van der Waals surface area contributed by atoms with Crippen molar-refractivity contribution in [1.82, 2.24) is 4.98 Å². The first-order valence-corrected chi connectivity index (χ1v) is 4.63. The van der Waals surface area contributed by atoms with Crippen molar-refractivity contribution in [3.8, 4) is 5.75 Å². The number of nitrogens with zero attached hydrogens (tertiary/aromatic N) is 1. The molecule has 0 unspecified atom stereocenters. The minimum Gasteiger partial charge on any atom is -0.506 e. The summed E-state index contributed by atoms with van der Waals surface area (Å²) in [6.45, 7) is 0.352. The second-order valence-electron chi connectivity index (χ2n) is 3.17. The molecule has 0 spiro atoms. The summed E-state index contributed by atoms with van der Waals surface area (Å²) in [6.07, 6.45) is 1.40. The third kappa shape index (κ3) is 2.68. The van der Waals surface area contributed by atoms with E-state index in [-0.39, 0.29) is 19.0 Å². The van der Waals surface area contributed by atoms with Gasteiger partial charge in [0, 0.05) is 17.3 Å². The minimum atomic E-state index is -0.794. The molecule has 1 rings (SSSR count). The SMILES string of the molecule is Cc1ncc(CO)c(COC(=O)CO)c1O. The molecule has 1 heterocycles. The van der Waals surface area contributed by atoms with Gasteiger partial charge in [-0.25, -0.2) is 4.79 Å². The maximum atomic E-state index is 10.7. The number of carbonyl (C=O) groups is 1. The number of hydrogen-bond donors (Lipinski definition) is 3. The van der Waals surface area contributed by atoms with Crippen LogP contribution in [0.2, 0.25) is 0 Å². The van der Waals surface area contributed by atoms with Crippen molar-refractivity contribution in [1.29, 1.82) is 0 Å². The monoisotopic (exact) mass is 227 g/mol. The summed E-state index contributed by atoms with van der Waals surface area (Å²) in [6, 6.07) is 0. The van der Waals surface area contributed by atoms with Crippen LogP contribution in [-0.2, 0) is 22.7 Å². The first kappa shape index (κ1) is 12.4. The van der Waals surface area contributed by atoms with Gasteiger partial charge in [0.1, 0.15) is 19.0 Å². The highest BCUT2D eigenvalue weighted by molar-refractivity contribution is 5.70. The number of esters is 1. The standard InChI is InChI=1S/C10H13NO5/c1-6-10(15)8(5-16-9(14)4-13)7(3-12)2-11-6/h2,12-13,15H,3-5H2,1H3. The van der Waals surface area contributed by atoms with Crippen molar-refractivity contribution < 1.29 is 24.9 Å². The summed E-state index contributed by atoms with van der Waals surface area (Å²) in [4.78, 5) is 14.6. The van der Waals surface area contributed by atoms with Crippen LogP contribution in [0.4, 0.5) is 0 Å². The molecule has 0 radical (unpaired) electrons. The lowest BCUT2D eigenvalue weighted by molar-refractivity contribution is -0.148. The Bertz CT molecular complexity index is 391. The topological polar surface area (TPSA) is 99.9 Å². The molecule has 0 aliphatic rings. The Hall–Kier alpha value is -1.66. The zero-order chi connectivity index (χ0) is 12.1. The van der Waals surface area contributed by atoms with Gasteiger partial charge in [-0.2, -0.15) is 0 Å². The van der Waals surface area contributed by atoms with Gasteiger partial charge in [-0.3, -0.25) is 4.98 Å². The van der Waals surface area contributed by atoms with Crippen molar-refractivity contribution in [3.63, 3.8) is 0 Å². The predicted octanol–water partition coefficient (Wildman–Crippen LogP) is -0.377. The fourth-order valence-corrected chi connectivity index (χ4v) is 1.18. The normalized spacial score (nSPS) is 10.2. The molecule has 0 amide bonds. The van der Waals surface area contributed by atoms with Crippen LogP contribution in [-0.4, -0.2) is 32.9 Å². The Morgan fingerprint density at radius 1 is 1.50 bits per heavy atom. The van der Waals surface area contributed by atoms with Gasteiger partial charge in [0.05, 0.1) is 12.3 Å². The molecule has 0 bridgehead atoms. The van der Waals surface area contributed by atoms with E-state index in [1.54, 1.807) is 6.92 Å². The van der Waals surface area contributed by atoms with E-state index in [4.69, 9.17) is 10.2 Å². The maximum absolute atomic E-state index is 10.7. The third-order valence-electron chi connectivity index (χ3n) is 2.11. The highest BCUT2D eigenvalue weighted by Crippen LogP contribution is 2.24. The Morgan fingerprint density at radius 2 is 2.19 bits per heavy atom. The van der Waals surface area contributed by atoms with Crippen molar-refractivity contribution >= 4 is 5.97 Å². The Labute approximate surface area is 92.1 Å². The smallest absolute Gasteiger partial charge is 0.332 e. The Balaban J connectivity index is 2.92. The van der Waals surface area contributed by atoms with E-state index < -0.39 is 12.6 Å². The molecule has 88 valence electrons. The summed E-state index contributed by atoms with van der Waals surface area (Å²) in [5, 5.41) is 27.1. The fraction of sp³-hybridized carbons (Fsp3) is 0.400. The van der Waals surface area contributed by atoms with Gasteiger partial charge in [0.15, 0.2) is 0 Å². The van der Waals surface area contributed by atoms with E-state index in [0.29, 0.717) is 16.8 Å². The lowest BCUT2D eigenvalue weighted by Gasteiger charge is -2.11. The number of aromatic hydroxyl groups is 1. The van der Waals surface area contributed by atoms with Crippen LogP contribution in [0.1, 0.15) is 16.8 Å². The van der Waals surface area contributed by atoms with Crippen LogP contribution in [0.5, 0.6) is 5.75 Å². The van der Waals surface area contributed by atoms with Gasteiger partial charge >= 0.3 is 5.97 Å². The molecule has 0 saturated carbocycles. The summed E-state index contributed by atoms with van der Waals surface area (Å²) < 4.78 is 4.67. The summed E-state index contributed by atoms with van der Waals surface area (Å²) in [7, 11) is 0. The molecule has 0 saturated heterocycles. The van der Waals surface area contributed by atoms with Crippen LogP contribution in [0, 0.1) is 6.92 Å². The van der Waals surface area contributed by atoms with Crippen molar-refractivity contribution in [2.45, 2.75) is 20.1 Å². The van der Waals surface area contributed by atoms with Crippen LogP contribution >= 0.6 is 0 Å². The van der Waals surface area contributed by atoms with Gasteiger partial charge in [-0.05, 0) is 6.92 Å². The largest absolute Gasteiger partial charge is 0.506 e. The van der Waals surface area contributed by atoms with Gasteiger partial charge < -0.3 is 20.1 Å². The molecule has 1 aromatic rings. The first-order chi connectivity index (χ1) is 7.60. The third-order valence-corrected chi connectivity index (χ3v) is 2.11. The number of ether oxygens (including phenoxy) is 1. The number of hydrogen-bond acceptors (Lipinski definition) is 6. The van der Waals surface area contributed by atoms with Gasteiger partial charge in [0.25, 0.3) is 0 Å². The molecular weight excluding hydrogens is 214 g/mol. The fourth-order valence-electron chi connectivity index (χ4n) is 1.18. The quantitative estimate of drug-likeness (QED) is 0.606. The van der Waals surface area contributed by atoms with Gasteiger partial charge in [0.2, 0.25) is 0 Å². The van der Waals surface area contributed by atoms with Gasteiger partial charge in [-0.15, -0.1) is 0 Å². The molecule has 3 N–H and O–H groups in total. The number of pyridine rings is 1. The molecule has 0 aliphatic carbocycles. The second kappa shape index (κ2) is 5.43. The zero-order valence-corrected chi connectivity index (χ0v) is 8.80. The number of carbonyl (C=O) groups excluding carboxylic acids is 1. The molecule has 0 aromatic carbocycles. The minimum absolute atomic E-state index is 0.114. The highest BCUT2D eigenvalue weighted by atomic mass is 16.5. The zero-order valence-electron chi connectivity index (χ0n) is 8.80. The number of aliphatic hydroxyl groups excluding tert-OH is 2. The summed E-state index contributed by atoms with van der Waals surface area (Å²) >= 11 is 0. The number of aromatic nitrogens is 1. The van der Waals surface area contributed by atoms with E-state index in [1.165, 1.54) is 6.20 Å². The molecule has 6 nitrogen and oxygen atoms in total. The Kier molecular flexibility index (Phi) is 4.21. The average Bonchev–Trinajstić information content (AvgIpc) is 2.30. The van der Waals surface area contributed by atoms with Crippen molar-refractivity contribution in [2.24, 2.45) is 0 Å². The van der Waals surface area contributed by atoms with Crippen molar-refractivity contribution in [2.75, 3.05) is 6.61 Å². The number of aliphatic hydroxyl groups is 2. The summed E-state index contributed by atoms with van der Waals surface area (Å²) in [5.41, 5.74) is 1.07. The van der Waals surface area contributed by atoms with Crippen molar-refractivity contribution in [3.05, 3.63) is 23.0 Å². The molecule has 0 aliphatic heterocycles. The molecule has 0 atom stereocenters. The molecule has 1 aromatic heterocycles. The van der Waals surface area contributed by atoms with Crippen LogP contribution in [0.25, 0.3) is 0 Å². The van der Waals surface area contributed by atoms with Crippen LogP contribution < -0.4 is 0 Å². The van der Waals surface area contributed by atoms with E-state index in [1.807, 2.05) is 0 Å². The number of aryl methyl sites for hydroxylation is 1. The Morgan fingerprint density at radius 3 is 2.75 bits per heavy atom. The lowest BCUT2D eigenvalue weighted by atomic mass is 10.1. The highest BCUT2D eigenvalue weighted by Gasteiger charge is 2.13. The summed E-state index contributed by atoms with van der Waals surface area (Å²) in [5.74, 6) is -0.907. The van der Waals surface area contributed by atoms with Gasteiger partial charge in [-0.1, -0.05) is 0 Å². The van der Waals surface area contributed by atoms with Crippen LogP contribution in [0.3, 0.4) is 0 Å². The van der Waals surface area contributed by atoms with Crippen LogP contribution in [0.15, 0.2) is 6.20 Å². The first-order valence-electron chi connectivity index (χ1n) is 4.63. The molecule has 16 heavy (non-hydrogen) atoms. The molecule has 6 heteroatoms. The van der Waals surface area contributed by atoms with E-state index in [9.17, 15) is 9.90 Å². The number of rotatable bonds is 4. The lowest BCUT2D eigenvalue weighted by Crippen LogP contribution is -2.10. The maximum Gasteiger partial charge on any atom is 0.332 e. The second-order valence-corrected chi connectivity index (χ2v) is 3.17. The predicted molar refractivity (Wildman–Crippen MR) is 53.4 cm³/mol. The van der Waals surface area contributed by atoms with E-state index >= 15 is 0 Å². The van der Waals surface area contributed by atoms with E-state index in [2.05, 4.69) is 9.72 Å². The molecule has 0 fully saturated rings.